The van der Waals surface area contributed by atoms with E-state index in [1.807, 2.05) is 18.2 Å². The Kier molecular flexibility index (Phi) is 3.45. The van der Waals surface area contributed by atoms with Gasteiger partial charge in [-0.25, -0.2) is 0 Å². The van der Waals surface area contributed by atoms with E-state index >= 15 is 0 Å². The van der Waals surface area contributed by atoms with E-state index in [2.05, 4.69) is 24.9 Å². The largest absolute Gasteiger partial charge is 0.261 e. The van der Waals surface area contributed by atoms with Crippen LogP contribution in [-0.2, 0) is 6.42 Å². The first-order valence-electron chi connectivity index (χ1n) is 4.53. The quantitative estimate of drug-likeness (QED) is 0.705. The molecule has 1 unspecified atom stereocenters. The third-order valence-electron chi connectivity index (χ3n) is 2.13. The lowest BCUT2D eigenvalue weighted by Crippen LogP contribution is -2.10. The highest BCUT2D eigenvalue weighted by molar-refractivity contribution is 5.06. The summed E-state index contributed by atoms with van der Waals surface area (Å²) in [5.41, 5.74) is 1.00. The Balaban J connectivity index is 2.64. The lowest BCUT2D eigenvalue weighted by molar-refractivity contribution is 0.469. The summed E-state index contributed by atoms with van der Waals surface area (Å²) in [5.74, 6) is 0.474. The first kappa shape index (κ1) is 9.73. The maximum atomic E-state index is 8.88. The van der Waals surface area contributed by atoms with E-state index in [4.69, 9.17) is 5.26 Å². The first-order valence-corrected chi connectivity index (χ1v) is 4.53. The summed E-state index contributed by atoms with van der Waals surface area (Å²) in [6, 6.07) is 8.12. The Morgan fingerprint density at radius 2 is 2.23 bits per heavy atom. The molecule has 0 aliphatic carbocycles. The normalized spacial score (nSPS) is 12.5. The molecule has 0 fully saturated rings. The maximum absolute atomic E-state index is 8.88. The van der Waals surface area contributed by atoms with Gasteiger partial charge in [0.15, 0.2) is 0 Å². The molecule has 1 rings (SSSR count). The molecule has 0 radical (unpaired) electrons. The summed E-state index contributed by atoms with van der Waals surface area (Å²) < 4.78 is 0. The number of aromatic nitrogens is 1. The predicted octanol–water partition coefficient (Wildman–Crippen LogP) is 2.42. The molecule has 0 N–H and O–H groups in total. The van der Waals surface area contributed by atoms with Crippen molar-refractivity contribution in [3.63, 3.8) is 0 Å². The average molecular weight is 174 g/mol. The summed E-state index contributed by atoms with van der Waals surface area (Å²) in [6.45, 7) is 4.13. The summed E-state index contributed by atoms with van der Waals surface area (Å²) in [7, 11) is 0. The smallest absolute Gasteiger partial charge is 0.0662 e. The SMILES string of the molecule is CC(C)C(C#N)Cc1ccccn1. The standard InChI is InChI=1S/C11H14N2/c1-9(2)10(8-12)7-11-5-3-4-6-13-11/h3-6,9-10H,7H2,1-2H3. The molecule has 0 bridgehead atoms. The van der Waals surface area contributed by atoms with Crippen molar-refractivity contribution in [1.82, 2.24) is 4.98 Å². The van der Waals surface area contributed by atoms with Gasteiger partial charge in [0.05, 0.1) is 12.0 Å². The zero-order chi connectivity index (χ0) is 9.68. The highest BCUT2D eigenvalue weighted by Crippen LogP contribution is 2.14. The molecule has 2 heteroatoms. The van der Waals surface area contributed by atoms with Gasteiger partial charge in [0.2, 0.25) is 0 Å². The molecular weight excluding hydrogens is 160 g/mol. The van der Waals surface area contributed by atoms with E-state index < -0.39 is 0 Å². The molecule has 0 saturated carbocycles. The van der Waals surface area contributed by atoms with E-state index in [0.717, 1.165) is 12.1 Å². The van der Waals surface area contributed by atoms with Crippen molar-refractivity contribution in [1.29, 1.82) is 5.26 Å². The van der Waals surface area contributed by atoms with Crippen LogP contribution in [0.1, 0.15) is 19.5 Å². The van der Waals surface area contributed by atoms with Gasteiger partial charge >= 0.3 is 0 Å². The number of hydrogen-bond donors (Lipinski definition) is 0. The zero-order valence-electron chi connectivity index (χ0n) is 8.07. The fourth-order valence-corrected chi connectivity index (χ4v) is 1.17. The van der Waals surface area contributed by atoms with Crippen molar-refractivity contribution in [3.8, 4) is 6.07 Å². The summed E-state index contributed by atoms with van der Waals surface area (Å²) in [5, 5.41) is 8.88. The summed E-state index contributed by atoms with van der Waals surface area (Å²) in [4.78, 5) is 4.20. The molecule has 0 aromatic carbocycles. The van der Waals surface area contributed by atoms with Gasteiger partial charge < -0.3 is 0 Å². The van der Waals surface area contributed by atoms with Crippen molar-refractivity contribution in [2.45, 2.75) is 20.3 Å². The number of rotatable bonds is 3. The minimum Gasteiger partial charge on any atom is -0.261 e. The van der Waals surface area contributed by atoms with Crippen LogP contribution >= 0.6 is 0 Å². The third kappa shape index (κ3) is 2.87. The molecular formula is C11H14N2. The Morgan fingerprint density at radius 3 is 2.69 bits per heavy atom. The van der Waals surface area contributed by atoms with E-state index in [1.165, 1.54) is 0 Å². The van der Waals surface area contributed by atoms with Crippen LogP contribution in [0.2, 0.25) is 0 Å². The van der Waals surface area contributed by atoms with Gasteiger partial charge in [-0.1, -0.05) is 19.9 Å². The second-order valence-corrected chi connectivity index (χ2v) is 3.50. The molecule has 0 saturated heterocycles. The predicted molar refractivity (Wildman–Crippen MR) is 51.9 cm³/mol. The van der Waals surface area contributed by atoms with Crippen LogP contribution in [0.15, 0.2) is 24.4 Å². The average Bonchev–Trinajstić information content (AvgIpc) is 2.15. The lowest BCUT2D eigenvalue weighted by Gasteiger charge is -2.11. The van der Waals surface area contributed by atoms with Crippen molar-refractivity contribution in [2.75, 3.05) is 0 Å². The topological polar surface area (TPSA) is 36.7 Å². The highest BCUT2D eigenvalue weighted by atomic mass is 14.7. The molecule has 0 amide bonds. The van der Waals surface area contributed by atoms with Gasteiger partial charge in [0.1, 0.15) is 0 Å². The molecule has 1 atom stereocenters. The van der Waals surface area contributed by atoms with Crippen molar-refractivity contribution in [3.05, 3.63) is 30.1 Å². The minimum absolute atomic E-state index is 0.0786. The van der Waals surface area contributed by atoms with E-state index in [9.17, 15) is 0 Å². The van der Waals surface area contributed by atoms with E-state index in [-0.39, 0.29) is 5.92 Å². The number of hydrogen-bond acceptors (Lipinski definition) is 2. The van der Waals surface area contributed by atoms with Crippen LogP contribution in [0.25, 0.3) is 0 Å². The summed E-state index contributed by atoms with van der Waals surface area (Å²) >= 11 is 0. The molecule has 0 spiro atoms. The van der Waals surface area contributed by atoms with Gasteiger partial charge in [-0.15, -0.1) is 0 Å². The Morgan fingerprint density at radius 1 is 1.46 bits per heavy atom. The number of nitrogens with zero attached hydrogens (tertiary/aromatic N) is 2. The van der Waals surface area contributed by atoms with Gasteiger partial charge in [-0.2, -0.15) is 5.26 Å². The molecule has 2 nitrogen and oxygen atoms in total. The van der Waals surface area contributed by atoms with Gasteiger partial charge in [-0.05, 0) is 18.1 Å². The van der Waals surface area contributed by atoms with E-state index in [1.54, 1.807) is 6.20 Å². The Bertz CT molecular complexity index is 285. The molecule has 1 heterocycles. The van der Waals surface area contributed by atoms with Gasteiger partial charge in [0.25, 0.3) is 0 Å². The van der Waals surface area contributed by atoms with Crippen LogP contribution in [-0.4, -0.2) is 4.98 Å². The Hall–Kier alpha value is -1.36. The molecule has 1 aromatic rings. The fraction of sp³-hybridized carbons (Fsp3) is 0.455. The van der Waals surface area contributed by atoms with Crippen LogP contribution in [0.5, 0.6) is 0 Å². The molecule has 0 aliphatic rings. The van der Waals surface area contributed by atoms with Crippen molar-refractivity contribution < 1.29 is 0 Å². The first-order chi connectivity index (χ1) is 6.24. The minimum atomic E-state index is 0.0786. The summed E-state index contributed by atoms with van der Waals surface area (Å²) in [6.07, 6.45) is 2.53. The van der Waals surface area contributed by atoms with Gasteiger partial charge in [-0.3, -0.25) is 4.98 Å². The molecule has 1 aromatic heterocycles. The third-order valence-corrected chi connectivity index (χ3v) is 2.13. The van der Waals surface area contributed by atoms with Crippen LogP contribution in [0.4, 0.5) is 0 Å². The van der Waals surface area contributed by atoms with Crippen LogP contribution in [0.3, 0.4) is 0 Å². The van der Waals surface area contributed by atoms with Crippen LogP contribution in [0, 0.1) is 23.2 Å². The number of nitriles is 1. The second kappa shape index (κ2) is 4.61. The second-order valence-electron chi connectivity index (χ2n) is 3.50. The highest BCUT2D eigenvalue weighted by Gasteiger charge is 2.12. The molecule has 13 heavy (non-hydrogen) atoms. The Labute approximate surface area is 79.2 Å². The fourth-order valence-electron chi connectivity index (χ4n) is 1.17. The lowest BCUT2D eigenvalue weighted by atomic mass is 9.92. The van der Waals surface area contributed by atoms with Crippen LogP contribution < -0.4 is 0 Å². The van der Waals surface area contributed by atoms with E-state index in [0.29, 0.717) is 5.92 Å². The number of pyridine rings is 1. The molecule has 68 valence electrons. The van der Waals surface area contributed by atoms with Crippen molar-refractivity contribution in [2.24, 2.45) is 11.8 Å². The molecule has 0 aliphatic heterocycles. The van der Waals surface area contributed by atoms with Gasteiger partial charge in [0, 0.05) is 18.3 Å². The maximum Gasteiger partial charge on any atom is 0.0662 e. The zero-order valence-corrected chi connectivity index (χ0v) is 8.07. The van der Waals surface area contributed by atoms with Crippen molar-refractivity contribution >= 4 is 0 Å². The monoisotopic (exact) mass is 174 g/mol.